The van der Waals surface area contributed by atoms with E-state index in [9.17, 15) is 5.11 Å². The number of likely N-dealkylation sites (tertiary alicyclic amines) is 1. The van der Waals surface area contributed by atoms with Crippen molar-refractivity contribution < 1.29 is 5.11 Å². The second kappa shape index (κ2) is 5.10. The summed E-state index contributed by atoms with van der Waals surface area (Å²) in [6.45, 7) is 8.49. The van der Waals surface area contributed by atoms with Gasteiger partial charge in [0.15, 0.2) is 0 Å². The smallest absolute Gasteiger partial charge is 0.0553 e. The third-order valence-electron chi connectivity index (χ3n) is 3.33. The standard InChI is InChI=1S/C11H24N2O/c1-8(2)13-6-10(9(3)14)5-11(7-13)12-4/h8-12,14H,5-7H2,1-4H3. The molecule has 3 unspecified atom stereocenters. The van der Waals surface area contributed by atoms with Crippen molar-refractivity contribution in [2.24, 2.45) is 5.92 Å². The van der Waals surface area contributed by atoms with Gasteiger partial charge in [0.25, 0.3) is 0 Å². The normalized spacial score (nSPS) is 32.1. The van der Waals surface area contributed by atoms with Gasteiger partial charge in [0.05, 0.1) is 6.10 Å². The van der Waals surface area contributed by atoms with Crippen LogP contribution in [0.3, 0.4) is 0 Å². The SMILES string of the molecule is CNC1CC(C(C)O)CN(C(C)C)C1. The molecule has 0 saturated carbocycles. The van der Waals surface area contributed by atoms with E-state index in [4.69, 9.17) is 0 Å². The Hall–Kier alpha value is -0.120. The van der Waals surface area contributed by atoms with Gasteiger partial charge in [-0.25, -0.2) is 0 Å². The molecule has 0 aromatic rings. The first-order chi connectivity index (χ1) is 6.54. The summed E-state index contributed by atoms with van der Waals surface area (Å²) in [5.74, 6) is 0.420. The van der Waals surface area contributed by atoms with Gasteiger partial charge in [-0.1, -0.05) is 0 Å². The van der Waals surface area contributed by atoms with Crippen LogP contribution in [-0.2, 0) is 0 Å². The fourth-order valence-corrected chi connectivity index (χ4v) is 2.15. The van der Waals surface area contributed by atoms with Gasteiger partial charge in [0, 0.05) is 25.2 Å². The van der Waals surface area contributed by atoms with Crippen LogP contribution in [-0.4, -0.2) is 48.3 Å². The quantitative estimate of drug-likeness (QED) is 0.703. The first-order valence-corrected chi connectivity index (χ1v) is 5.64. The zero-order valence-corrected chi connectivity index (χ0v) is 9.83. The van der Waals surface area contributed by atoms with Gasteiger partial charge in [0.2, 0.25) is 0 Å². The molecule has 3 nitrogen and oxygen atoms in total. The number of rotatable bonds is 3. The Labute approximate surface area is 87.5 Å². The fraction of sp³-hybridized carbons (Fsp3) is 1.00. The van der Waals surface area contributed by atoms with E-state index in [0.29, 0.717) is 18.0 Å². The molecule has 1 aliphatic heterocycles. The zero-order chi connectivity index (χ0) is 10.7. The van der Waals surface area contributed by atoms with E-state index in [1.165, 1.54) is 0 Å². The number of nitrogens with one attached hydrogen (secondary N) is 1. The molecule has 0 amide bonds. The van der Waals surface area contributed by atoms with E-state index < -0.39 is 0 Å². The maximum absolute atomic E-state index is 9.64. The minimum atomic E-state index is -0.188. The van der Waals surface area contributed by atoms with Crippen LogP contribution in [0.2, 0.25) is 0 Å². The molecule has 1 saturated heterocycles. The number of hydrogen-bond donors (Lipinski definition) is 2. The molecule has 84 valence electrons. The van der Waals surface area contributed by atoms with E-state index in [-0.39, 0.29) is 6.10 Å². The third kappa shape index (κ3) is 2.94. The van der Waals surface area contributed by atoms with Crippen LogP contribution in [0.1, 0.15) is 27.2 Å². The number of piperidine rings is 1. The van der Waals surface area contributed by atoms with Crippen molar-refractivity contribution in [2.75, 3.05) is 20.1 Å². The van der Waals surface area contributed by atoms with Crippen molar-refractivity contribution in [2.45, 2.75) is 45.4 Å². The highest BCUT2D eigenvalue weighted by molar-refractivity contribution is 4.86. The molecule has 0 aliphatic carbocycles. The summed E-state index contributed by atoms with van der Waals surface area (Å²) >= 11 is 0. The van der Waals surface area contributed by atoms with E-state index in [2.05, 4.69) is 24.1 Å². The topological polar surface area (TPSA) is 35.5 Å². The van der Waals surface area contributed by atoms with Gasteiger partial charge >= 0.3 is 0 Å². The average Bonchev–Trinajstić information content (AvgIpc) is 2.16. The van der Waals surface area contributed by atoms with Crippen LogP contribution in [0, 0.1) is 5.92 Å². The number of hydrogen-bond acceptors (Lipinski definition) is 3. The lowest BCUT2D eigenvalue weighted by molar-refractivity contribution is 0.0370. The first-order valence-electron chi connectivity index (χ1n) is 5.64. The highest BCUT2D eigenvalue weighted by Gasteiger charge is 2.29. The Balaban J connectivity index is 2.56. The van der Waals surface area contributed by atoms with Crippen LogP contribution < -0.4 is 5.32 Å². The lowest BCUT2D eigenvalue weighted by Gasteiger charge is -2.41. The Morgan fingerprint density at radius 2 is 1.93 bits per heavy atom. The van der Waals surface area contributed by atoms with Crippen LogP contribution in [0.25, 0.3) is 0 Å². The minimum absolute atomic E-state index is 0.188. The minimum Gasteiger partial charge on any atom is -0.393 e. The Morgan fingerprint density at radius 1 is 1.29 bits per heavy atom. The van der Waals surface area contributed by atoms with Crippen molar-refractivity contribution in [1.29, 1.82) is 0 Å². The third-order valence-corrected chi connectivity index (χ3v) is 3.33. The van der Waals surface area contributed by atoms with Gasteiger partial charge in [-0.2, -0.15) is 0 Å². The van der Waals surface area contributed by atoms with Gasteiger partial charge in [-0.3, -0.25) is 4.90 Å². The molecule has 14 heavy (non-hydrogen) atoms. The van der Waals surface area contributed by atoms with Crippen LogP contribution in [0.15, 0.2) is 0 Å². The molecule has 3 heteroatoms. The number of likely N-dealkylation sites (N-methyl/N-ethyl adjacent to an activating group) is 1. The van der Waals surface area contributed by atoms with Gasteiger partial charge < -0.3 is 10.4 Å². The predicted molar refractivity (Wildman–Crippen MR) is 59.3 cm³/mol. The van der Waals surface area contributed by atoms with Crippen molar-refractivity contribution in [3.8, 4) is 0 Å². The van der Waals surface area contributed by atoms with Crippen LogP contribution >= 0.6 is 0 Å². The summed E-state index contributed by atoms with van der Waals surface area (Å²) in [7, 11) is 2.01. The van der Waals surface area contributed by atoms with E-state index in [1.54, 1.807) is 0 Å². The molecule has 0 spiro atoms. The van der Waals surface area contributed by atoms with Crippen molar-refractivity contribution in [1.82, 2.24) is 10.2 Å². The maximum Gasteiger partial charge on any atom is 0.0553 e. The lowest BCUT2D eigenvalue weighted by atomic mass is 9.89. The highest BCUT2D eigenvalue weighted by Crippen LogP contribution is 2.21. The largest absolute Gasteiger partial charge is 0.393 e. The zero-order valence-electron chi connectivity index (χ0n) is 9.83. The Bertz CT molecular complexity index is 155. The average molecular weight is 200 g/mol. The molecule has 1 heterocycles. The predicted octanol–water partition coefficient (Wildman–Crippen LogP) is 0.685. The van der Waals surface area contributed by atoms with Gasteiger partial charge in [-0.15, -0.1) is 0 Å². The van der Waals surface area contributed by atoms with Crippen LogP contribution in [0.5, 0.6) is 0 Å². The molecule has 1 fully saturated rings. The maximum atomic E-state index is 9.64. The molecule has 0 bridgehead atoms. The van der Waals surface area contributed by atoms with E-state index >= 15 is 0 Å². The van der Waals surface area contributed by atoms with Gasteiger partial charge in [-0.05, 0) is 40.2 Å². The van der Waals surface area contributed by atoms with Crippen LogP contribution in [0.4, 0.5) is 0 Å². The van der Waals surface area contributed by atoms with Crippen molar-refractivity contribution in [3.05, 3.63) is 0 Å². The molecule has 0 radical (unpaired) electrons. The summed E-state index contributed by atoms with van der Waals surface area (Å²) in [5.41, 5.74) is 0. The second-order valence-corrected chi connectivity index (χ2v) is 4.77. The second-order valence-electron chi connectivity index (χ2n) is 4.77. The van der Waals surface area contributed by atoms with Crippen molar-refractivity contribution in [3.63, 3.8) is 0 Å². The molecule has 1 rings (SSSR count). The first kappa shape index (κ1) is 12.0. The molecule has 2 N–H and O–H groups in total. The number of nitrogens with zero attached hydrogens (tertiary/aromatic N) is 1. The molecule has 0 aromatic heterocycles. The Kier molecular flexibility index (Phi) is 4.35. The molecular formula is C11H24N2O. The summed E-state index contributed by atoms with van der Waals surface area (Å²) in [4.78, 5) is 2.45. The number of aliphatic hydroxyl groups is 1. The van der Waals surface area contributed by atoms with E-state index in [1.807, 2.05) is 14.0 Å². The molecule has 0 aromatic carbocycles. The Morgan fingerprint density at radius 3 is 2.36 bits per heavy atom. The molecular weight excluding hydrogens is 176 g/mol. The summed E-state index contributed by atoms with van der Waals surface area (Å²) < 4.78 is 0. The molecule has 3 atom stereocenters. The molecule has 1 aliphatic rings. The monoisotopic (exact) mass is 200 g/mol. The van der Waals surface area contributed by atoms with Crippen molar-refractivity contribution >= 4 is 0 Å². The van der Waals surface area contributed by atoms with Gasteiger partial charge in [0.1, 0.15) is 0 Å². The summed E-state index contributed by atoms with van der Waals surface area (Å²) in [5, 5.41) is 13.0. The fourth-order valence-electron chi connectivity index (χ4n) is 2.15. The lowest BCUT2D eigenvalue weighted by Crippen LogP contribution is -2.52. The highest BCUT2D eigenvalue weighted by atomic mass is 16.3. The summed E-state index contributed by atoms with van der Waals surface area (Å²) in [6.07, 6.45) is 0.907. The van der Waals surface area contributed by atoms with E-state index in [0.717, 1.165) is 19.5 Å². The summed E-state index contributed by atoms with van der Waals surface area (Å²) in [6, 6.07) is 1.11. The number of aliphatic hydroxyl groups excluding tert-OH is 1.